The standard InChI is InChI=1S/C23H23N3O3S/c1-15-21(30-22(25-15)18-11-5-6-13-24-18)23(28)29-14-20(27)26(2)19-12-7-9-16-8-3-4-10-17(16)19/h3-6,8,10-11,13,19H,7,9,12,14H2,1-2H3/t19-/m1/s1. The molecule has 0 saturated heterocycles. The Morgan fingerprint density at radius 3 is 2.80 bits per heavy atom. The summed E-state index contributed by atoms with van der Waals surface area (Å²) in [6, 6.07) is 13.8. The third kappa shape index (κ3) is 4.11. The fourth-order valence-corrected chi connectivity index (χ4v) is 4.72. The van der Waals surface area contributed by atoms with Gasteiger partial charge in [0.25, 0.3) is 5.91 Å². The van der Waals surface area contributed by atoms with Gasteiger partial charge in [0.1, 0.15) is 9.88 Å². The first-order chi connectivity index (χ1) is 14.5. The van der Waals surface area contributed by atoms with Crippen molar-refractivity contribution in [3.05, 3.63) is 70.4 Å². The average Bonchev–Trinajstić information content (AvgIpc) is 3.18. The van der Waals surface area contributed by atoms with Crippen LogP contribution in [0.1, 0.15) is 45.4 Å². The van der Waals surface area contributed by atoms with Gasteiger partial charge >= 0.3 is 5.97 Å². The number of esters is 1. The second kappa shape index (κ2) is 8.75. The molecule has 1 aliphatic carbocycles. The van der Waals surface area contributed by atoms with Crippen LogP contribution in [0, 0.1) is 6.92 Å². The van der Waals surface area contributed by atoms with Crippen molar-refractivity contribution in [3.8, 4) is 10.7 Å². The van der Waals surface area contributed by atoms with Crippen LogP contribution in [0.2, 0.25) is 0 Å². The summed E-state index contributed by atoms with van der Waals surface area (Å²) in [4.78, 5) is 36.1. The predicted molar refractivity (Wildman–Crippen MR) is 115 cm³/mol. The van der Waals surface area contributed by atoms with Gasteiger partial charge in [0.05, 0.1) is 17.4 Å². The van der Waals surface area contributed by atoms with Crippen molar-refractivity contribution in [2.24, 2.45) is 0 Å². The number of thiazole rings is 1. The number of benzene rings is 1. The van der Waals surface area contributed by atoms with Gasteiger partial charge in [0.15, 0.2) is 6.61 Å². The van der Waals surface area contributed by atoms with Gasteiger partial charge in [-0.15, -0.1) is 11.3 Å². The largest absolute Gasteiger partial charge is 0.451 e. The Kier molecular flexibility index (Phi) is 5.90. The number of rotatable bonds is 5. The molecule has 1 aromatic carbocycles. The molecular weight excluding hydrogens is 398 g/mol. The Balaban J connectivity index is 1.41. The zero-order valence-corrected chi connectivity index (χ0v) is 17.8. The highest BCUT2D eigenvalue weighted by Gasteiger charge is 2.27. The van der Waals surface area contributed by atoms with Crippen LogP contribution < -0.4 is 0 Å². The van der Waals surface area contributed by atoms with Crippen molar-refractivity contribution in [3.63, 3.8) is 0 Å². The van der Waals surface area contributed by atoms with Crippen molar-refractivity contribution in [2.45, 2.75) is 32.2 Å². The van der Waals surface area contributed by atoms with E-state index in [1.807, 2.05) is 30.3 Å². The van der Waals surface area contributed by atoms with Gasteiger partial charge in [-0.05, 0) is 49.4 Å². The molecule has 4 rings (SSSR count). The fourth-order valence-electron chi connectivity index (χ4n) is 3.78. The molecule has 0 unspecified atom stereocenters. The second-order valence-corrected chi connectivity index (χ2v) is 8.34. The van der Waals surface area contributed by atoms with Crippen molar-refractivity contribution < 1.29 is 14.3 Å². The van der Waals surface area contributed by atoms with E-state index >= 15 is 0 Å². The molecule has 1 atom stereocenters. The number of nitrogens with zero attached hydrogens (tertiary/aromatic N) is 3. The molecule has 0 spiro atoms. The minimum Gasteiger partial charge on any atom is -0.451 e. The molecular formula is C23H23N3O3S. The van der Waals surface area contributed by atoms with E-state index in [0.29, 0.717) is 21.3 Å². The number of hydrogen-bond acceptors (Lipinski definition) is 6. The van der Waals surface area contributed by atoms with Gasteiger partial charge in [0.2, 0.25) is 0 Å². The van der Waals surface area contributed by atoms with Gasteiger partial charge in [-0.3, -0.25) is 9.78 Å². The number of carbonyl (C=O) groups is 2. The van der Waals surface area contributed by atoms with Gasteiger partial charge in [0, 0.05) is 13.2 Å². The topological polar surface area (TPSA) is 72.4 Å². The SMILES string of the molecule is Cc1nc(-c2ccccn2)sc1C(=O)OCC(=O)N(C)[C@@H]1CCCc2ccccc21. The Labute approximate surface area is 179 Å². The smallest absolute Gasteiger partial charge is 0.350 e. The van der Waals surface area contributed by atoms with Crippen molar-refractivity contribution in [1.29, 1.82) is 0 Å². The van der Waals surface area contributed by atoms with Gasteiger partial charge in [-0.25, -0.2) is 9.78 Å². The lowest BCUT2D eigenvalue weighted by Crippen LogP contribution is -2.36. The number of aryl methyl sites for hydroxylation is 2. The predicted octanol–water partition coefficient (Wildman–Crippen LogP) is 4.21. The summed E-state index contributed by atoms with van der Waals surface area (Å²) in [5.41, 5.74) is 3.75. The Morgan fingerprint density at radius 2 is 2.00 bits per heavy atom. The first-order valence-corrected chi connectivity index (χ1v) is 10.8. The summed E-state index contributed by atoms with van der Waals surface area (Å²) in [6.45, 7) is 1.47. The van der Waals surface area contributed by atoms with E-state index < -0.39 is 5.97 Å². The maximum absolute atomic E-state index is 12.7. The minimum atomic E-state index is -0.530. The Hall–Kier alpha value is -3.06. The highest BCUT2D eigenvalue weighted by Crippen LogP contribution is 2.33. The summed E-state index contributed by atoms with van der Waals surface area (Å²) < 4.78 is 5.34. The molecule has 2 aromatic heterocycles. The molecule has 2 heterocycles. The monoisotopic (exact) mass is 421 g/mol. The number of hydrogen-bond donors (Lipinski definition) is 0. The van der Waals surface area contributed by atoms with Gasteiger partial charge in [-0.2, -0.15) is 0 Å². The van der Waals surface area contributed by atoms with Crippen molar-refractivity contribution >= 4 is 23.2 Å². The molecule has 7 heteroatoms. The van der Waals surface area contributed by atoms with Crippen LogP contribution in [0.5, 0.6) is 0 Å². The molecule has 0 aliphatic heterocycles. The van der Waals surface area contributed by atoms with Crippen LogP contribution in [0.25, 0.3) is 10.7 Å². The number of pyridine rings is 1. The van der Waals surface area contributed by atoms with Crippen LogP contribution in [-0.4, -0.2) is 40.4 Å². The number of carbonyl (C=O) groups excluding carboxylic acids is 2. The van der Waals surface area contributed by atoms with E-state index in [9.17, 15) is 9.59 Å². The number of ether oxygens (including phenoxy) is 1. The maximum atomic E-state index is 12.7. The first kappa shape index (κ1) is 20.2. The molecule has 0 saturated carbocycles. The molecule has 30 heavy (non-hydrogen) atoms. The molecule has 0 N–H and O–H groups in total. The summed E-state index contributed by atoms with van der Waals surface area (Å²) in [5, 5.41) is 0.655. The van der Waals surface area contributed by atoms with Crippen LogP contribution in [0.3, 0.4) is 0 Å². The summed E-state index contributed by atoms with van der Waals surface area (Å²) in [6.07, 6.45) is 4.67. The number of aromatic nitrogens is 2. The highest BCUT2D eigenvalue weighted by molar-refractivity contribution is 7.17. The molecule has 0 bridgehead atoms. The summed E-state index contributed by atoms with van der Waals surface area (Å²) in [7, 11) is 1.78. The molecule has 6 nitrogen and oxygen atoms in total. The number of fused-ring (bicyclic) bond motifs is 1. The van der Waals surface area contributed by atoms with Crippen LogP contribution in [0.4, 0.5) is 0 Å². The Morgan fingerprint density at radius 1 is 1.20 bits per heavy atom. The first-order valence-electron chi connectivity index (χ1n) is 9.94. The van der Waals surface area contributed by atoms with Gasteiger partial charge in [-0.1, -0.05) is 30.3 Å². The minimum absolute atomic E-state index is 0.0158. The number of amides is 1. The molecule has 0 radical (unpaired) electrons. The third-order valence-corrected chi connectivity index (χ3v) is 6.55. The zero-order chi connectivity index (χ0) is 21.1. The van der Waals surface area contributed by atoms with E-state index in [1.54, 1.807) is 25.1 Å². The van der Waals surface area contributed by atoms with E-state index in [2.05, 4.69) is 22.1 Å². The molecule has 1 amide bonds. The van der Waals surface area contributed by atoms with Crippen molar-refractivity contribution in [1.82, 2.24) is 14.9 Å². The molecule has 154 valence electrons. The Bertz CT molecular complexity index is 1060. The van der Waals surface area contributed by atoms with Gasteiger partial charge < -0.3 is 9.64 Å². The van der Waals surface area contributed by atoms with E-state index in [1.165, 1.54) is 22.5 Å². The maximum Gasteiger partial charge on any atom is 0.350 e. The lowest BCUT2D eigenvalue weighted by atomic mass is 9.87. The lowest BCUT2D eigenvalue weighted by Gasteiger charge is -2.33. The summed E-state index contributed by atoms with van der Waals surface area (Å²) in [5.74, 6) is -0.741. The zero-order valence-electron chi connectivity index (χ0n) is 17.0. The lowest BCUT2D eigenvalue weighted by molar-refractivity contribution is -0.135. The van der Waals surface area contributed by atoms with Crippen molar-refractivity contribution in [2.75, 3.05) is 13.7 Å². The number of likely N-dealkylation sites (N-methyl/N-ethyl adjacent to an activating group) is 1. The molecule has 1 aliphatic rings. The highest BCUT2D eigenvalue weighted by atomic mass is 32.1. The molecule has 3 aromatic rings. The fraction of sp³-hybridized carbons (Fsp3) is 0.304. The normalized spacial score (nSPS) is 15.3. The van der Waals surface area contributed by atoms with Crippen LogP contribution >= 0.6 is 11.3 Å². The molecule has 0 fully saturated rings. The average molecular weight is 422 g/mol. The van der Waals surface area contributed by atoms with E-state index in [-0.39, 0.29) is 18.6 Å². The van der Waals surface area contributed by atoms with E-state index in [0.717, 1.165) is 19.3 Å². The van der Waals surface area contributed by atoms with Crippen LogP contribution in [0.15, 0.2) is 48.7 Å². The summed E-state index contributed by atoms with van der Waals surface area (Å²) >= 11 is 1.23. The van der Waals surface area contributed by atoms with Crippen LogP contribution in [-0.2, 0) is 16.0 Å². The van der Waals surface area contributed by atoms with E-state index in [4.69, 9.17) is 4.74 Å². The third-order valence-electron chi connectivity index (χ3n) is 5.39. The quantitative estimate of drug-likeness (QED) is 0.577. The second-order valence-electron chi connectivity index (χ2n) is 7.34.